The van der Waals surface area contributed by atoms with Crippen molar-refractivity contribution in [1.82, 2.24) is 4.72 Å². The third-order valence-electron chi connectivity index (χ3n) is 1.58. The van der Waals surface area contributed by atoms with Crippen LogP contribution >= 0.6 is 11.3 Å². The molecule has 1 aromatic heterocycles. The molecule has 84 valence electrons. The SMILES string of the molecule is COCC(=O)NS(=O)(=O)c1sccc1C. The molecule has 5 nitrogen and oxygen atoms in total. The second kappa shape index (κ2) is 4.73. The summed E-state index contributed by atoms with van der Waals surface area (Å²) in [5.74, 6) is -0.676. The molecule has 0 fully saturated rings. The van der Waals surface area contributed by atoms with Crippen LogP contribution in [0.5, 0.6) is 0 Å². The van der Waals surface area contributed by atoms with Crippen molar-refractivity contribution in [2.24, 2.45) is 0 Å². The Bertz CT molecular complexity index is 449. The summed E-state index contributed by atoms with van der Waals surface area (Å²) in [6.07, 6.45) is 0. The van der Waals surface area contributed by atoms with E-state index in [1.165, 1.54) is 7.11 Å². The molecule has 0 aliphatic carbocycles. The van der Waals surface area contributed by atoms with Crippen LogP contribution in [0.25, 0.3) is 0 Å². The van der Waals surface area contributed by atoms with Crippen molar-refractivity contribution in [3.8, 4) is 0 Å². The molecule has 0 saturated heterocycles. The number of hydrogen-bond acceptors (Lipinski definition) is 5. The van der Waals surface area contributed by atoms with Crippen LogP contribution in [0.1, 0.15) is 5.56 Å². The van der Waals surface area contributed by atoms with E-state index in [0.29, 0.717) is 5.56 Å². The minimum absolute atomic E-state index is 0.159. The number of methoxy groups -OCH3 is 1. The maximum atomic E-state index is 11.6. The van der Waals surface area contributed by atoms with Gasteiger partial charge in [0.1, 0.15) is 10.8 Å². The van der Waals surface area contributed by atoms with Crippen LogP contribution in [0.15, 0.2) is 15.7 Å². The number of thiophene rings is 1. The van der Waals surface area contributed by atoms with Gasteiger partial charge in [-0.3, -0.25) is 4.79 Å². The van der Waals surface area contributed by atoms with E-state index in [1.54, 1.807) is 18.4 Å². The van der Waals surface area contributed by atoms with Gasteiger partial charge in [-0.15, -0.1) is 11.3 Å². The van der Waals surface area contributed by atoms with Crippen LogP contribution in [0.3, 0.4) is 0 Å². The van der Waals surface area contributed by atoms with Crippen LogP contribution in [0.2, 0.25) is 0 Å². The summed E-state index contributed by atoms with van der Waals surface area (Å²) in [7, 11) is -2.41. The van der Waals surface area contributed by atoms with Crippen LogP contribution in [0, 0.1) is 6.92 Å². The first-order valence-electron chi connectivity index (χ1n) is 4.06. The van der Waals surface area contributed by atoms with Crippen LogP contribution < -0.4 is 4.72 Å². The number of hydrogen-bond donors (Lipinski definition) is 1. The fourth-order valence-electron chi connectivity index (χ4n) is 0.991. The van der Waals surface area contributed by atoms with Crippen LogP contribution in [0.4, 0.5) is 0 Å². The van der Waals surface area contributed by atoms with E-state index in [2.05, 4.69) is 4.74 Å². The number of carbonyl (C=O) groups is 1. The fraction of sp³-hybridized carbons (Fsp3) is 0.375. The van der Waals surface area contributed by atoms with Crippen molar-refractivity contribution < 1.29 is 17.9 Å². The molecule has 1 N–H and O–H groups in total. The third-order valence-corrected chi connectivity index (χ3v) is 4.64. The van der Waals surface area contributed by atoms with E-state index in [-0.39, 0.29) is 10.8 Å². The van der Waals surface area contributed by atoms with E-state index >= 15 is 0 Å². The molecule has 1 rings (SSSR count). The quantitative estimate of drug-likeness (QED) is 0.843. The zero-order chi connectivity index (χ0) is 11.5. The van der Waals surface area contributed by atoms with Gasteiger partial charge in [-0.05, 0) is 23.9 Å². The Hall–Kier alpha value is -0.920. The second-order valence-electron chi connectivity index (χ2n) is 2.85. The molecule has 0 atom stereocenters. The summed E-state index contributed by atoms with van der Waals surface area (Å²) in [5, 5.41) is 1.66. The predicted molar refractivity (Wildman–Crippen MR) is 56.3 cm³/mol. The molecule has 1 amide bonds. The molecule has 0 aliphatic rings. The number of aryl methyl sites for hydroxylation is 1. The van der Waals surface area contributed by atoms with Crippen molar-refractivity contribution in [2.45, 2.75) is 11.1 Å². The lowest BCUT2D eigenvalue weighted by Crippen LogP contribution is -2.33. The summed E-state index contributed by atoms with van der Waals surface area (Å²) >= 11 is 1.07. The summed E-state index contributed by atoms with van der Waals surface area (Å²) in [5.41, 5.74) is 0.623. The standard InChI is InChI=1S/C8H11NO4S2/c1-6-3-4-14-8(6)15(11,12)9-7(10)5-13-2/h3-4H,5H2,1-2H3,(H,9,10). The molecule has 0 aromatic carbocycles. The van der Waals surface area contributed by atoms with Gasteiger partial charge < -0.3 is 4.74 Å². The minimum atomic E-state index is -3.73. The number of ether oxygens (including phenoxy) is 1. The van der Waals surface area contributed by atoms with E-state index in [4.69, 9.17) is 0 Å². The van der Waals surface area contributed by atoms with Crippen molar-refractivity contribution in [1.29, 1.82) is 0 Å². The monoisotopic (exact) mass is 249 g/mol. The van der Waals surface area contributed by atoms with Crippen molar-refractivity contribution in [2.75, 3.05) is 13.7 Å². The predicted octanol–water partition coefficient (Wildman–Crippen LogP) is 0.508. The van der Waals surface area contributed by atoms with Gasteiger partial charge in [0.05, 0.1) is 0 Å². The number of sulfonamides is 1. The lowest BCUT2D eigenvalue weighted by atomic mass is 10.4. The Labute approximate surface area is 92.1 Å². The summed E-state index contributed by atoms with van der Waals surface area (Å²) in [6.45, 7) is 1.40. The topological polar surface area (TPSA) is 72.5 Å². The lowest BCUT2D eigenvalue weighted by molar-refractivity contribution is -0.122. The molecular formula is C8H11NO4S2. The summed E-state index contributed by atoms with van der Waals surface area (Å²) < 4.78 is 29.8. The van der Waals surface area contributed by atoms with Crippen molar-refractivity contribution in [3.05, 3.63) is 17.0 Å². The molecule has 0 spiro atoms. The lowest BCUT2D eigenvalue weighted by Gasteiger charge is -2.04. The van der Waals surface area contributed by atoms with E-state index in [0.717, 1.165) is 11.3 Å². The average Bonchev–Trinajstić information content (AvgIpc) is 2.51. The minimum Gasteiger partial charge on any atom is -0.375 e. The van der Waals surface area contributed by atoms with Gasteiger partial charge in [-0.1, -0.05) is 0 Å². The van der Waals surface area contributed by atoms with Crippen molar-refractivity contribution >= 4 is 27.3 Å². The molecule has 0 saturated carbocycles. The average molecular weight is 249 g/mol. The Balaban J connectivity index is 2.86. The fourth-order valence-corrected chi connectivity index (χ4v) is 3.38. The number of rotatable bonds is 4. The summed E-state index contributed by atoms with van der Waals surface area (Å²) in [4.78, 5) is 11.1. The van der Waals surface area contributed by atoms with Gasteiger partial charge in [-0.2, -0.15) is 0 Å². The Morgan fingerprint density at radius 2 is 2.27 bits per heavy atom. The first kappa shape index (κ1) is 12.2. The van der Waals surface area contributed by atoms with E-state index in [9.17, 15) is 13.2 Å². The molecule has 7 heteroatoms. The molecule has 0 radical (unpaired) electrons. The smallest absolute Gasteiger partial charge is 0.273 e. The maximum absolute atomic E-state index is 11.6. The molecule has 15 heavy (non-hydrogen) atoms. The highest BCUT2D eigenvalue weighted by atomic mass is 32.2. The highest BCUT2D eigenvalue weighted by molar-refractivity contribution is 7.92. The second-order valence-corrected chi connectivity index (χ2v) is 5.65. The first-order valence-corrected chi connectivity index (χ1v) is 6.42. The molecule has 1 heterocycles. The maximum Gasteiger partial charge on any atom is 0.273 e. The zero-order valence-electron chi connectivity index (χ0n) is 8.31. The third kappa shape index (κ3) is 3.01. The van der Waals surface area contributed by atoms with Gasteiger partial charge >= 0.3 is 0 Å². The van der Waals surface area contributed by atoms with Crippen LogP contribution in [-0.2, 0) is 19.6 Å². The van der Waals surface area contributed by atoms with Gasteiger partial charge in [0.2, 0.25) is 0 Å². The van der Waals surface area contributed by atoms with Gasteiger partial charge in [0.25, 0.3) is 15.9 Å². The van der Waals surface area contributed by atoms with E-state index in [1.807, 2.05) is 4.72 Å². The normalized spacial score (nSPS) is 11.3. The molecule has 0 unspecified atom stereocenters. The number of carbonyl (C=O) groups excluding carboxylic acids is 1. The number of nitrogens with one attached hydrogen (secondary N) is 1. The van der Waals surface area contributed by atoms with Gasteiger partial charge in [-0.25, -0.2) is 13.1 Å². The Morgan fingerprint density at radius 3 is 2.73 bits per heavy atom. The molecule has 0 bridgehead atoms. The Kier molecular flexibility index (Phi) is 3.83. The van der Waals surface area contributed by atoms with Gasteiger partial charge in [0, 0.05) is 7.11 Å². The molecular weight excluding hydrogens is 238 g/mol. The summed E-state index contributed by atoms with van der Waals surface area (Å²) in [6, 6.07) is 1.68. The van der Waals surface area contributed by atoms with Crippen LogP contribution in [-0.4, -0.2) is 28.0 Å². The van der Waals surface area contributed by atoms with Crippen molar-refractivity contribution in [3.63, 3.8) is 0 Å². The highest BCUT2D eigenvalue weighted by Gasteiger charge is 2.20. The first-order chi connectivity index (χ1) is 6.97. The number of amides is 1. The molecule has 0 aliphatic heterocycles. The Morgan fingerprint density at radius 1 is 1.60 bits per heavy atom. The largest absolute Gasteiger partial charge is 0.375 e. The highest BCUT2D eigenvalue weighted by Crippen LogP contribution is 2.21. The molecule has 1 aromatic rings. The van der Waals surface area contributed by atoms with E-state index < -0.39 is 15.9 Å². The van der Waals surface area contributed by atoms with Gasteiger partial charge in [0.15, 0.2) is 0 Å². The zero-order valence-corrected chi connectivity index (χ0v) is 9.94.